The van der Waals surface area contributed by atoms with Gasteiger partial charge < -0.3 is 10.4 Å². The van der Waals surface area contributed by atoms with Crippen molar-refractivity contribution >= 4 is 17.5 Å². The predicted octanol–water partition coefficient (Wildman–Crippen LogP) is 3.99. The van der Waals surface area contributed by atoms with Crippen LogP contribution in [0.5, 0.6) is 5.75 Å². The average Bonchev–Trinajstić information content (AvgIpc) is 2.41. The van der Waals surface area contributed by atoms with Gasteiger partial charge in [0, 0.05) is 11.6 Å². The second-order valence-electron chi connectivity index (χ2n) is 5.83. The Hall–Kier alpha value is -1.22. The van der Waals surface area contributed by atoms with E-state index in [1.807, 2.05) is 0 Å². The van der Waals surface area contributed by atoms with Gasteiger partial charge >= 0.3 is 0 Å². The van der Waals surface area contributed by atoms with E-state index in [1.165, 1.54) is 31.7 Å². The van der Waals surface area contributed by atoms with Crippen LogP contribution in [0.2, 0.25) is 5.02 Å². The third-order valence-corrected chi connectivity index (χ3v) is 4.41. The molecule has 0 aromatic heterocycles. The molecule has 3 nitrogen and oxygen atoms in total. The van der Waals surface area contributed by atoms with Gasteiger partial charge in [0.15, 0.2) is 0 Å². The standard InChI is InChI=1S/C16H22ClNO2/c1-11-2-4-12(5-3-11)8-9-18-16(20)14-7-6-13(17)10-15(14)19/h6-7,10-12,19H,2-5,8-9H2,1H3,(H,18,20). The highest BCUT2D eigenvalue weighted by Crippen LogP contribution is 2.30. The summed E-state index contributed by atoms with van der Waals surface area (Å²) >= 11 is 5.75. The number of aromatic hydroxyl groups is 1. The molecular formula is C16H22ClNO2. The lowest BCUT2D eigenvalue weighted by Gasteiger charge is -2.26. The van der Waals surface area contributed by atoms with E-state index < -0.39 is 0 Å². The molecule has 110 valence electrons. The van der Waals surface area contributed by atoms with Crippen molar-refractivity contribution in [1.29, 1.82) is 0 Å². The number of rotatable bonds is 4. The van der Waals surface area contributed by atoms with Crippen LogP contribution in [0.25, 0.3) is 0 Å². The molecule has 20 heavy (non-hydrogen) atoms. The molecule has 1 aliphatic carbocycles. The van der Waals surface area contributed by atoms with Gasteiger partial charge in [-0.25, -0.2) is 0 Å². The number of halogens is 1. The molecule has 1 aliphatic rings. The first kappa shape index (κ1) is 15.2. The third kappa shape index (κ3) is 4.14. The second kappa shape index (κ2) is 6.98. The largest absolute Gasteiger partial charge is 0.507 e. The second-order valence-corrected chi connectivity index (χ2v) is 6.27. The van der Waals surface area contributed by atoms with Crippen LogP contribution in [0.1, 0.15) is 49.4 Å². The zero-order valence-electron chi connectivity index (χ0n) is 11.9. The summed E-state index contributed by atoms with van der Waals surface area (Å²) in [6, 6.07) is 4.55. The minimum atomic E-state index is -0.233. The zero-order chi connectivity index (χ0) is 14.5. The van der Waals surface area contributed by atoms with Crippen molar-refractivity contribution in [2.45, 2.75) is 39.0 Å². The molecule has 4 heteroatoms. The number of phenolic OH excluding ortho intramolecular Hbond substituents is 1. The summed E-state index contributed by atoms with van der Waals surface area (Å²) in [5, 5.41) is 13.0. The smallest absolute Gasteiger partial charge is 0.255 e. The lowest BCUT2D eigenvalue weighted by atomic mass is 9.81. The summed E-state index contributed by atoms with van der Waals surface area (Å²) in [6.07, 6.45) is 6.16. The van der Waals surface area contributed by atoms with Gasteiger partial charge in [-0.3, -0.25) is 4.79 Å². The summed E-state index contributed by atoms with van der Waals surface area (Å²) in [7, 11) is 0. The Bertz CT molecular complexity index is 468. The highest BCUT2D eigenvalue weighted by atomic mass is 35.5. The van der Waals surface area contributed by atoms with E-state index in [0.29, 0.717) is 11.6 Å². The molecule has 1 fully saturated rings. The Morgan fingerprint density at radius 2 is 2.05 bits per heavy atom. The number of carbonyl (C=O) groups excluding carboxylic acids is 1. The van der Waals surface area contributed by atoms with Gasteiger partial charge in [0.05, 0.1) is 5.56 Å². The maximum atomic E-state index is 12.0. The van der Waals surface area contributed by atoms with Crippen molar-refractivity contribution < 1.29 is 9.90 Å². The van der Waals surface area contributed by atoms with E-state index in [1.54, 1.807) is 12.1 Å². The third-order valence-electron chi connectivity index (χ3n) is 4.18. The highest BCUT2D eigenvalue weighted by molar-refractivity contribution is 6.30. The van der Waals surface area contributed by atoms with Crippen LogP contribution < -0.4 is 5.32 Å². The summed E-state index contributed by atoms with van der Waals surface area (Å²) in [6.45, 7) is 2.97. The molecule has 0 spiro atoms. The zero-order valence-corrected chi connectivity index (χ0v) is 12.6. The Labute approximate surface area is 125 Å². The molecule has 0 unspecified atom stereocenters. The lowest BCUT2D eigenvalue weighted by molar-refractivity contribution is 0.0947. The van der Waals surface area contributed by atoms with E-state index in [0.717, 1.165) is 18.3 Å². The van der Waals surface area contributed by atoms with Gasteiger partial charge in [-0.2, -0.15) is 0 Å². The van der Waals surface area contributed by atoms with Crippen LogP contribution in [0.15, 0.2) is 18.2 Å². The molecule has 0 aliphatic heterocycles. The molecule has 1 amide bonds. The molecule has 0 heterocycles. The molecule has 2 rings (SSSR count). The Balaban J connectivity index is 1.77. The first-order chi connectivity index (χ1) is 9.56. The number of benzene rings is 1. The monoisotopic (exact) mass is 295 g/mol. The van der Waals surface area contributed by atoms with Crippen LogP contribution in [-0.2, 0) is 0 Å². The number of nitrogens with one attached hydrogen (secondary N) is 1. The summed E-state index contributed by atoms with van der Waals surface area (Å²) in [5.41, 5.74) is 0.284. The Kier molecular flexibility index (Phi) is 5.30. The van der Waals surface area contributed by atoms with E-state index >= 15 is 0 Å². The first-order valence-electron chi connectivity index (χ1n) is 7.33. The van der Waals surface area contributed by atoms with Crippen LogP contribution in [0.4, 0.5) is 0 Å². The highest BCUT2D eigenvalue weighted by Gasteiger charge is 2.18. The maximum Gasteiger partial charge on any atom is 0.255 e. The van der Waals surface area contributed by atoms with Crippen LogP contribution in [0, 0.1) is 11.8 Å². The van der Waals surface area contributed by atoms with Gasteiger partial charge in [-0.1, -0.05) is 44.2 Å². The van der Waals surface area contributed by atoms with Gasteiger partial charge in [0.2, 0.25) is 0 Å². The van der Waals surface area contributed by atoms with E-state index in [-0.39, 0.29) is 17.2 Å². The van der Waals surface area contributed by atoms with Crippen LogP contribution >= 0.6 is 11.6 Å². The van der Waals surface area contributed by atoms with Crippen molar-refractivity contribution in [3.63, 3.8) is 0 Å². The molecule has 0 bridgehead atoms. The molecule has 2 N–H and O–H groups in total. The van der Waals surface area contributed by atoms with Crippen molar-refractivity contribution in [1.82, 2.24) is 5.32 Å². The fourth-order valence-electron chi connectivity index (χ4n) is 2.80. The fraction of sp³-hybridized carbons (Fsp3) is 0.562. The van der Waals surface area contributed by atoms with Crippen molar-refractivity contribution in [2.75, 3.05) is 6.54 Å². The van der Waals surface area contributed by atoms with Gasteiger partial charge in [0.1, 0.15) is 5.75 Å². The van der Waals surface area contributed by atoms with Gasteiger partial charge in [-0.15, -0.1) is 0 Å². The Morgan fingerprint density at radius 3 is 2.70 bits per heavy atom. The quantitative estimate of drug-likeness (QED) is 0.882. The topological polar surface area (TPSA) is 49.3 Å². The maximum absolute atomic E-state index is 12.0. The SMILES string of the molecule is CC1CCC(CCNC(=O)c2ccc(Cl)cc2O)CC1. The van der Waals surface area contributed by atoms with Crippen LogP contribution in [0.3, 0.4) is 0 Å². The molecule has 0 radical (unpaired) electrons. The van der Waals surface area contributed by atoms with Gasteiger partial charge in [-0.05, 0) is 36.5 Å². The fourth-order valence-corrected chi connectivity index (χ4v) is 2.97. The number of carbonyl (C=O) groups is 1. The van der Waals surface area contributed by atoms with Crippen LogP contribution in [-0.4, -0.2) is 17.6 Å². The normalized spacial score (nSPS) is 22.5. The first-order valence-corrected chi connectivity index (χ1v) is 7.70. The molecule has 1 saturated carbocycles. The van der Waals surface area contributed by atoms with E-state index in [9.17, 15) is 9.90 Å². The molecule has 0 atom stereocenters. The minimum Gasteiger partial charge on any atom is -0.507 e. The van der Waals surface area contributed by atoms with Crippen molar-refractivity contribution in [2.24, 2.45) is 11.8 Å². The number of hydrogen-bond donors (Lipinski definition) is 2. The van der Waals surface area contributed by atoms with Gasteiger partial charge in [0.25, 0.3) is 5.91 Å². The Morgan fingerprint density at radius 1 is 1.35 bits per heavy atom. The van der Waals surface area contributed by atoms with Crippen molar-refractivity contribution in [3.8, 4) is 5.75 Å². The molecule has 1 aromatic carbocycles. The number of phenols is 1. The molecule has 1 aromatic rings. The summed E-state index contributed by atoms with van der Waals surface area (Å²) in [4.78, 5) is 12.0. The summed E-state index contributed by atoms with van der Waals surface area (Å²) in [5.74, 6) is 1.28. The number of hydrogen-bond acceptors (Lipinski definition) is 2. The van der Waals surface area contributed by atoms with E-state index in [4.69, 9.17) is 11.6 Å². The lowest BCUT2D eigenvalue weighted by Crippen LogP contribution is -2.27. The molecular weight excluding hydrogens is 274 g/mol. The average molecular weight is 296 g/mol. The summed E-state index contributed by atoms with van der Waals surface area (Å²) < 4.78 is 0. The van der Waals surface area contributed by atoms with Crippen molar-refractivity contribution in [3.05, 3.63) is 28.8 Å². The number of amides is 1. The van der Waals surface area contributed by atoms with E-state index in [2.05, 4.69) is 12.2 Å². The predicted molar refractivity (Wildman–Crippen MR) is 81.2 cm³/mol. The molecule has 0 saturated heterocycles. The minimum absolute atomic E-state index is 0.0681.